The summed E-state index contributed by atoms with van der Waals surface area (Å²) in [6.07, 6.45) is 6.06. The van der Waals surface area contributed by atoms with E-state index in [2.05, 4.69) is 20.9 Å². The molecule has 1 aliphatic carbocycles. The van der Waals surface area contributed by atoms with Crippen LogP contribution in [0.25, 0.3) is 0 Å². The lowest BCUT2D eigenvalue weighted by Crippen LogP contribution is -2.23. The summed E-state index contributed by atoms with van der Waals surface area (Å²) >= 11 is 3.50. The monoisotopic (exact) mass is 285 g/mol. The van der Waals surface area contributed by atoms with Crippen LogP contribution in [-0.4, -0.2) is 16.7 Å². The number of nitrogens with zero attached hydrogens (tertiary/aromatic N) is 1. The largest absolute Gasteiger partial charge is 0.487 e. The predicted octanol–water partition coefficient (Wildman–Crippen LogP) is 3.56. The average molecular weight is 286 g/mol. The Morgan fingerprint density at radius 2 is 1.88 bits per heavy atom. The van der Waals surface area contributed by atoms with Gasteiger partial charge in [0, 0.05) is 0 Å². The summed E-state index contributed by atoms with van der Waals surface area (Å²) in [6, 6.07) is 0. The SMILES string of the molecule is CC(C)(C)Oc1cncc(OC2CC2)c1Br. The molecule has 0 bridgehead atoms. The molecule has 0 amide bonds. The van der Waals surface area contributed by atoms with Gasteiger partial charge < -0.3 is 9.47 Å². The van der Waals surface area contributed by atoms with Crippen LogP contribution in [-0.2, 0) is 0 Å². The smallest absolute Gasteiger partial charge is 0.156 e. The fourth-order valence-electron chi connectivity index (χ4n) is 1.26. The van der Waals surface area contributed by atoms with Gasteiger partial charge in [0.15, 0.2) is 11.5 Å². The number of hydrogen-bond donors (Lipinski definition) is 0. The third-order valence-corrected chi connectivity index (χ3v) is 2.83. The van der Waals surface area contributed by atoms with Crippen LogP contribution in [0.2, 0.25) is 0 Å². The summed E-state index contributed by atoms with van der Waals surface area (Å²) in [7, 11) is 0. The van der Waals surface area contributed by atoms with Crippen molar-refractivity contribution in [2.75, 3.05) is 0 Å². The quantitative estimate of drug-likeness (QED) is 0.851. The maximum atomic E-state index is 5.79. The normalized spacial score (nSPS) is 16.0. The highest BCUT2D eigenvalue weighted by Gasteiger charge is 2.25. The van der Waals surface area contributed by atoms with Crippen molar-refractivity contribution in [3.63, 3.8) is 0 Å². The summed E-state index contributed by atoms with van der Waals surface area (Å²) in [6.45, 7) is 6.02. The Balaban J connectivity index is 2.18. The van der Waals surface area contributed by atoms with Crippen LogP contribution in [0.4, 0.5) is 0 Å². The Hall–Kier alpha value is -0.770. The van der Waals surface area contributed by atoms with Crippen molar-refractivity contribution in [2.24, 2.45) is 0 Å². The van der Waals surface area contributed by atoms with Crippen LogP contribution in [0.15, 0.2) is 16.9 Å². The molecule has 0 spiro atoms. The Morgan fingerprint density at radius 1 is 1.25 bits per heavy atom. The molecular weight excluding hydrogens is 270 g/mol. The van der Waals surface area contributed by atoms with Gasteiger partial charge in [-0.1, -0.05) is 0 Å². The van der Waals surface area contributed by atoms with E-state index in [-0.39, 0.29) is 5.60 Å². The predicted molar refractivity (Wildman–Crippen MR) is 66.0 cm³/mol. The van der Waals surface area contributed by atoms with Gasteiger partial charge in [0.25, 0.3) is 0 Å². The first-order valence-corrected chi connectivity index (χ1v) is 6.24. The minimum Gasteiger partial charge on any atom is -0.487 e. The topological polar surface area (TPSA) is 31.4 Å². The van der Waals surface area contributed by atoms with Crippen molar-refractivity contribution in [2.45, 2.75) is 45.3 Å². The lowest BCUT2D eigenvalue weighted by molar-refractivity contribution is 0.128. The van der Waals surface area contributed by atoms with Crippen LogP contribution >= 0.6 is 15.9 Å². The minimum absolute atomic E-state index is 0.234. The second kappa shape index (κ2) is 4.24. The van der Waals surface area contributed by atoms with E-state index in [0.29, 0.717) is 6.10 Å². The maximum absolute atomic E-state index is 5.79. The van der Waals surface area contributed by atoms with Crippen LogP contribution in [0.5, 0.6) is 11.5 Å². The number of rotatable bonds is 3. The molecule has 0 N–H and O–H groups in total. The van der Waals surface area contributed by atoms with E-state index in [1.165, 1.54) is 0 Å². The Kier molecular flexibility index (Phi) is 3.10. The van der Waals surface area contributed by atoms with Gasteiger partial charge in [-0.25, -0.2) is 0 Å². The van der Waals surface area contributed by atoms with E-state index in [1.807, 2.05) is 20.8 Å². The van der Waals surface area contributed by atoms with Gasteiger partial charge in [0.05, 0.1) is 18.5 Å². The standard InChI is InChI=1S/C12H16BrNO2/c1-12(2,3)16-10-7-14-6-9(11(10)13)15-8-4-5-8/h6-8H,4-5H2,1-3H3. The van der Waals surface area contributed by atoms with Gasteiger partial charge in [-0.2, -0.15) is 0 Å². The number of aromatic nitrogens is 1. The Morgan fingerprint density at radius 3 is 2.44 bits per heavy atom. The first kappa shape index (κ1) is 11.7. The first-order chi connectivity index (χ1) is 7.46. The van der Waals surface area contributed by atoms with Gasteiger partial charge in [-0.15, -0.1) is 0 Å². The molecule has 16 heavy (non-hydrogen) atoms. The number of halogens is 1. The summed E-state index contributed by atoms with van der Waals surface area (Å²) in [5.41, 5.74) is -0.234. The van der Waals surface area contributed by atoms with Crippen LogP contribution in [0.1, 0.15) is 33.6 Å². The van der Waals surface area contributed by atoms with Gasteiger partial charge >= 0.3 is 0 Å². The molecule has 1 saturated carbocycles. The third kappa shape index (κ3) is 3.11. The second-order valence-electron chi connectivity index (χ2n) is 4.98. The highest BCUT2D eigenvalue weighted by molar-refractivity contribution is 9.10. The van der Waals surface area contributed by atoms with Crippen molar-refractivity contribution < 1.29 is 9.47 Å². The zero-order valence-electron chi connectivity index (χ0n) is 9.79. The number of pyridine rings is 1. The molecule has 1 fully saturated rings. The van der Waals surface area contributed by atoms with E-state index in [9.17, 15) is 0 Å². The number of hydrogen-bond acceptors (Lipinski definition) is 3. The number of ether oxygens (including phenoxy) is 2. The van der Waals surface area contributed by atoms with E-state index in [1.54, 1.807) is 12.4 Å². The second-order valence-corrected chi connectivity index (χ2v) is 5.77. The molecule has 4 heteroatoms. The van der Waals surface area contributed by atoms with Crippen LogP contribution < -0.4 is 9.47 Å². The molecule has 0 saturated heterocycles. The maximum Gasteiger partial charge on any atom is 0.156 e. The van der Waals surface area contributed by atoms with E-state index < -0.39 is 0 Å². The molecule has 1 aromatic heterocycles. The molecule has 0 atom stereocenters. The van der Waals surface area contributed by atoms with Crippen molar-refractivity contribution in [1.29, 1.82) is 0 Å². The van der Waals surface area contributed by atoms with Gasteiger partial charge in [-0.05, 0) is 49.5 Å². The molecule has 0 unspecified atom stereocenters. The first-order valence-electron chi connectivity index (χ1n) is 5.45. The fourth-order valence-corrected chi connectivity index (χ4v) is 1.64. The van der Waals surface area contributed by atoms with E-state index in [0.717, 1.165) is 28.8 Å². The van der Waals surface area contributed by atoms with Crippen molar-refractivity contribution in [3.8, 4) is 11.5 Å². The highest BCUT2D eigenvalue weighted by Crippen LogP contribution is 2.37. The lowest BCUT2D eigenvalue weighted by atomic mass is 10.2. The zero-order valence-corrected chi connectivity index (χ0v) is 11.4. The molecule has 0 radical (unpaired) electrons. The van der Waals surface area contributed by atoms with Crippen molar-refractivity contribution in [3.05, 3.63) is 16.9 Å². The Bertz CT molecular complexity index is 383. The highest BCUT2D eigenvalue weighted by atomic mass is 79.9. The fraction of sp³-hybridized carbons (Fsp3) is 0.583. The molecule has 1 aromatic rings. The summed E-state index contributed by atoms with van der Waals surface area (Å²) in [5, 5.41) is 0. The molecular formula is C12H16BrNO2. The molecule has 1 heterocycles. The average Bonchev–Trinajstić information content (AvgIpc) is 2.93. The lowest BCUT2D eigenvalue weighted by Gasteiger charge is -2.22. The van der Waals surface area contributed by atoms with E-state index >= 15 is 0 Å². The van der Waals surface area contributed by atoms with Crippen LogP contribution in [0.3, 0.4) is 0 Å². The molecule has 0 aliphatic heterocycles. The van der Waals surface area contributed by atoms with Crippen molar-refractivity contribution >= 4 is 15.9 Å². The Labute approximate surface area is 104 Å². The zero-order chi connectivity index (χ0) is 11.8. The molecule has 88 valence electrons. The summed E-state index contributed by atoms with van der Waals surface area (Å²) < 4.78 is 12.4. The van der Waals surface area contributed by atoms with Gasteiger partial charge in [-0.3, -0.25) is 4.98 Å². The van der Waals surface area contributed by atoms with E-state index in [4.69, 9.17) is 9.47 Å². The summed E-state index contributed by atoms with van der Waals surface area (Å²) in [4.78, 5) is 4.13. The molecule has 3 nitrogen and oxygen atoms in total. The molecule has 0 aromatic carbocycles. The van der Waals surface area contributed by atoms with Crippen molar-refractivity contribution in [1.82, 2.24) is 4.98 Å². The van der Waals surface area contributed by atoms with Gasteiger partial charge in [0.1, 0.15) is 10.1 Å². The van der Waals surface area contributed by atoms with Crippen LogP contribution in [0, 0.1) is 0 Å². The molecule has 1 aliphatic rings. The minimum atomic E-state index is -0.234. The van der Waals surface area contributed by atoms with Gasteiger partial charge in [0.2, 0.25) is 0 Å². The molecule has 2 rings (SSSR count). The summed E-state index contributed by atoms with van der Waals surface area (Å²) in [5.74, 6) is 1.50. The third-order valence-electron chi connectivity index (χ3n) is 2.05.